The van der Waals surface area contributed by atoms with Gasteiger partial charge in [-0.15, -0.1) is 0 Å². The third-order valence-corrected chi connectivity index (χ3v) is 8.71. The average Bonchev–Trinajstić information content (AvgIpc) is 3.15. The summed E-state index contributed by atoms with van der Waals surface area (Å²) in [4.78, 5) is 0. The van der Waals surface area contributed by atoms with Crippen LogP contribution in [0.3, 0.4) is 0 Å². The molecule has 2 aromatic carbocycles. The van der Waals surface area contributed by atoms with Crippen LogP contribution in [0.4, 0.5) is 0 Å². The van der Waals surface area contributed by atoms with E-state index in [4.69, 9.17) is 0 Å². The van der Waals surface area contributed by atoms with Crippen molar-refractivity contribution in [2.75, 3.05) is 0 Å². The second-order valence-electron chi connectivity index (χ2n) is 10.2. The summed E-state index contributed by atoms with van der Waals surface area (Å²) >= 11 is 0. The molecule has 4 aliphatic carbocycles. The number of hydrogen-bond donors (Lipinski definition) is 0. The normalized spacial score (nSPS) is 36.0. The zero-order valence-electron chi connectivity index (χ0n) is 18.6. The van der Waals surface area contributed by atoms with E-state index in [1.165, 1.54) is 33.4 Å². The molecule has 1 spiro atoms. The molecule has 0 radical (unpaired) electrons. The van der Waals surface area contributed by atoms with Crippen LogP contribution in [0.5, 0.6) is 0 Å². The lowest BCUT2D eigenvalue weighted by Gasteiger charge is -2.65. The molecule has 0 heterocycles. The predicted molar refractivity (Wildman–Crippen MR) is 126 cm³/mol. The summed E-state index contributed by atoms with van der Waals surface area (Å²) in [5.74, 6) is 0.320. The standard InChI is InChI=1S/C30H26N2/c1-20-5-9-22(10-6-20)25-16-24-4-3-13-30-26(23-11-7-21(2)8-12-23)17-28(30,18-31)14-15-29(25,19-32)27(24)30/h3,5-15,25-26H,4,16-17H2,1-2H3/t25-,26?,28+,29-,30+/m0/s1. The second kappa shape index (κ2) is 6.34. The first-order chi connectivity index (χ1) is 15.5. The SMILES string of the molecule is Cc1ccc(C2C[C@@]3(C#N)C=C[C@@]4(C#N)C5=C(CC=C[C@]523)C[C@H]4c2ccc(C)cc2)cc1. The first-order valence-corrected chi connectivity index (χ1v) is 11.6. The molecule has 156 valence electrons. The molecular weight excluding hydrogens is 388 g/mol. The highest BCUT2D eigenvalue weighted by molar-refractivity contribution is 5.64. The average molecular weight is 415 g/mol. The summed E-state index contributed by atoms with van der Waals surface area (Å²) in [6.07, 6.45) is 11.4. The number of allylic oxidation sites excluding steroid dienone is 6. The maximum atomic E-state index is 10.7. The first-order valence-electron chi connectivity index (χ1n) is 11.6. The van der Waals surface area contributed by atoms with Crippen LogP contribution in [0.15, 0.2) is 84.0 Å². The summed E-state index contributed by atoms with van der Waals surface area (Å²) in [5.41, 5.74) is 5.92. The number of nitriles is 2. The number of rotatable bonds is 2. The van der Waals surface area contributed by atoms with Gasteiger partial charge in [-0.3, -0.25) is 0 Å². The third-order valence-electron chi connectivity index (χ3n) is 8.71. The largest absolute Gasteiger partial charge is 0.197 e. The van der Waals surface area contributed by atoms with E-state index in [1.54, 1.807) is 0 Å². The number of benzene rings is 2. The fraction of sp³-hybridized carbons (Fsp3) is 0.333. The fourth-order valence-electron chi connectivity index (χ4n) is 7.15. The Hall–Kier alpha value is -3.36. The van der Waals surface area contributed by atoms with Crippen LogP contribution in [-0.4, -0.2) is 0 Å². The minimum atomic E-state index is -0.681. The molecule has 2 aromatic rings. The van der Waals surface area contributed by atoms with Crippen molar-refractivity contribution in [2.45, 2.75) is 44.9 Å². The van der Waals surface area contributed by atoms with Crippen molar-refractivity contribution in [2.24, 2.45) is 16.2 Å². The lowest BCUT2D eigenvalue weighted by molar-refractivity contribution is 0.0337. The van der Waals surface area contributed by atoms with Gasteiger partial charge in [-0.2, -0.15) is 10.5 Å². The highest BCUT2D eigenvalue weighted by Gasteiger charge is 2.73. The third kappa shape index (κ3) is 2.13. The van der Waals surface area contributed by atoms with Gasteiger partial charge in [0.05, 0.1) is 17.6 Å². The van der Waals surface area contributed by atoms with Gasteiger partial charge in [0.2, 0.25) is 0 Å². The number of aryl methyl sites for hydroxylation is 2. The molecule has 32 heavy (non-hydrogen) atoms. The molecule has 0 aromatic heterocycles. The molecule has 1 saturated carbocycles. The molecule has 1 unspecified atom stereocenters. The van der Waals surface area contributed by atoms with Gasteiger partial charge in [0.15, 0.2) is 0 Å². The van der Waals surface area contributed by atoms with Gasteiger partial charge in [0.1, 0.15) is 5.41 Å². The van der Waals surface area contributed by atoms with Crippen molar-refractivity contribution < 1.29 is 0 Å². The van der Waals surface area contributed by atoms with Crippen molar-refractivity contribution in [3.05, 3.63) is 106 Å². The Morgan fingerprint density at radius 2 is 1.41 bits per heavy atom. The maximum Gasteiger partial charge on any atom is 0.105 e. The molecule has 0 N–H and O–H groups in total. The highest BCUT2D eigenvalue weighted by atomic mass is 14.7. The van der Waals surface area contributed by atoms with E-state index in [9.17, 15) is 10.5 Å². The Kier molecular flexibility index (Phi) is 3.83. The molecule has 0 aliphatic heterocycles. The number of hydrogen-bond acceptors (Lipinski definition) is 2. The van der Waals surface area contributed by atoms with Crippen molar-refractivity contribution in [3.63, 3.8) is 0 Å². The molecule has 0 amide bonds. The van der Waals surface area contributed by atoms with Gasteiger partial charge in [-0.25, -0.2) is 0 Å². The van der Waals surface area contributed by atoms with Gasteiger partial charge in [-0.1, -0.05) is 89.5 Å². The predicted octanol–water partition coefficient (Wildman–Crippen LogP) is 6.81. The van der Waals surface area contributed by atoms with Gasteiger partial charge in [0.25, 0.3) is 0 Å². The summed E-state index contributed by atoms with van der Waals surface area (Å²) in [7, 11) is 0. The van der Waals surface area contributed by atoms with Crippen LogP contribution >= 0.6 is 0 Å². The summed E-state index contributed by atoms with van der Waals surface area (Å²) in [5, 5.41) is 21.2. The van der Waals surface area contributed by atoms with Crippen molar-refractivity contribution in [1.82, 2.24) is 0 Å². The quantitative estimate of drug-likeness (QED) is 0.507. The van der Waals surface area contributed by atoms with E-state index in [0.29, 0.717) is 0 Å². The summed E-state index contributed by atoms with van der Waals surface area (Å²) in [6, 6.07) is 22.9. The zero-order chi connectivity index (χ0) is 22.1. The molecular formula is C30H26N2. The molecule has 4 aliphatic rings. The minimum absolute atomic E-state index is 0.0992. The van der Waals surface area contributed by atoms with Crippen LogP contribution in [0.2, 0.25) is 0 Å². The van der Waals surface area contributed by atoms with Crippen LogP contribution in [0.1, 0.15) is 53.4 Å². The smallest absolute Gasteiger partial charge is 0.105 e. The first kappa shape index (κ1) is 19.3. The Balaban J connectivity index is 1.57. The Bertz CT molecular complexity index is 1290. The Morgan fingerprint density at radius 3 is 2.00 bits per heavy atom. The lowest BCUT2D eigenvalue weighted by Crippen LogP contribution is -2.60. The molecule has 6 rings (SSSR count). The monoisotopic (exact) mass is 414 g/mol. The van der Waals surface area contributed by atoms with E-state index in [1.807, 2.05) is 0 Å². The fourth-order valence-corrected chi connectivity index (χ4v) is 7.15. The molecule has 2 nitrogen and oxygen atoms in total. The summed E-state index contributed by atoms with van der Waals surface area (Å²) in [6.45, 7) is 4.21. The topological polar surface area (TPSA) is 47.6 Å². The lowest BCUT2D eigenvalue weighted by atomic mass is 9.35. The van der Waals surface area contributed by atoms with E-state index < -0.39 is 16.2 Å². The van der Waals surface area contributed by atoms with Crippen LogP contribution < -0.4 is 0 Å². The molecule has 0 saturated heterocycles. The maximum absolute atomic E-state index is 10.7. The van der Waals surface area contributed by atoms with Crippen molar-refractivity contribution >= 4 is 0 Å². The van der Waals surface area contributed by atoms with Crippen molar-refractivity contribution in [3.8, 4) is 12.1 Å². The van der Waals surface area contributed by atoms with Gasteiger partial charge in [-0.05, 0) is 49.8 Å². The highest BCUT2D eigenvalue weighted by Crippen LogP contribution is 2.79. The van der Waals surface area contributed by atoms with E-state index >= 15 is 0 Å². The van der Waals surface area contributed by atoms with Crippen LogP contribution in [0, 0.1) is 52.8 Å². The molecule has 2 heteroatoms. The van der Waals surface area contributed by atoms with Crippen molar-refractivity contribution in [1.29, 1.82) is 10.5 Å². The van der Waals surface area contributed by atoms with Gasteiger partial charge in [0, 0.05) is 17.3 Å². The zero-order valence-corrected chi connectivity index (χ0v) is 18.6. The Morgan fingerprint density at radius 1 is 0.781 bits per heavy atom. The molecule has 0 bridgehead atoms. The van der Waals surface area contributed by atoms with E-state index in [2.05, 4.69) is 98.8 Å². The minimum Gasteiger partial charge on any atom is -0.197 e. The van der Waals surface area contributed by atoms with E-state index in [0.717, 1.165) is 19.3 Å². The Labute approximate surface area is 190 Å². The van der Waals surface area contributed by atoms with Gasteiger partial charge < -0.3 is 0 Å². The van der Waals surface area contributed by atoms with Crippen LogP contribution in [-0.2, 0) is 0 Å². The molecule has 5 atom stereocenters. The summed E-state index contributed by atoms with van der Waals surface area (Å²) < 4.78 is 0. The second-order valence-corrected chi connectivity index (χ2v) is 10.2. The van der Waals surface area contributed by atoms with Crippen LogP contribution in [0.25, 0.3) is 0 Å². The van der Waals surface area contributed by atoms with Gasteiger partial charge >= 0.3 is 0 Å². The molecule has 1 fully saturated rings. The van der Waals surface area contributed by atoms with E-state index in [-0.39, 0.29) is 11.8 Å². The number of nitrogens with zero attached hydrogens (tertiary/aromatic N) is 2.